The smallest absolute Gasteiger partial charge is 0.335 e. The first-order chi connectivity index (χ1) is 11.1. The van der Waals surface area contributed by atoms with Crippen molar-refractivity contribution in [3.63, 3.8) is 0 Å². The molecule has 0 aliphatic rings. The predicted octanol–water partition coefficient (Wildman–Crippen LogP) is 2.09. The van der Waals surface area contributed by atoms with Crippen molar-refractivity contribution in [3.05, 3.63) is 59.7 Å². The molecule has 2 aromatic carbocycles. The third-order valence-corrected chi connectivity index (χ3v) is 3.14. The number of carboxylic acids is 1. The minimum atomic E-state index is -1.01. The van der Waals surface area contributed by atoms with Crippen molar-refractivity contribution in [3.8, 4) is 11.5 Å². The molecule has 0 unspecified atom stereocenters. The molecule has 2 aromatic rings. The highest BCUT2D eigenvalue weighted by atomic mass is 16.5. The van der Waals surface area contributed by atoms with Gasteiger partial charge in [-0.1, -0.05) is 18.2 Å². The van der Waals surface area contributed by atoms with E-state index in [0.717, 1.165) is 5.56 Å². The number of hydrogen-bond acceptors (Lipinski definition) is 4. The van der Waals surface area contributed by atoms with Gasteiger partial charge in [-0.25, -0.2) is 4.79 Å². The predicted molar refractivity (Wildman–Crippen MR) is 83.7 cm³/mol. The second-order valence-electron chi connectivity index (χ2n) is 4.71. The zero-order chi connectivity index (χ0) is 16.7. The lowest BCUT2D eigenvalue weighted by molar-refractivity contribution is -0.123. The lowest BCUT2D eigenvalue weighted by Crippen LogP contribution is -2.28. The molecule has 120 valence electrons. The topological polar surface area (TPSA) is 84.9 Å². The van der Waals surface area contributed by atoms with Crippen LogP contribution in [0.25, 0.3) is 0 Å². The Bertz CT molecular complexity index is 682. The molecule has 0 fully saturated rings. The molecule has 0 bridgehead atoms. The number of hydrogen-bond donors (Lipinski definition) is 2. The molecular formula is C17H17NO5. The first kappa shape index (κ1) is 16.4. The minimum absolute atomic E-state index is 0.151. The summed E-state index contributed by atoms with van der Waals surface area (Å²) in [6.45, 7) is 0.186. The van der Waals surface area contributed by atoms with Gasteiger partial charge in [0.1, 0.15) is 11.5 Å². The maximum atomic E-state index is 11.8. The second-order valence-corrected chi connectivity index (χ2v) is 4.71. The van der Waals surface area contributed by atoms with Gasteiger partial charge in [0.15, 0.2) is 6.61 Å². The maximum absolute atomic E-state index is 11.8. The van der Waals surface area contributed by atoms with Crippen molar-refractivity contribution >= 4 is 11.9 Å². The van der Waals surface area contributed by atoms with E-state index < -0.39 is 5.97 Å². The summed E-state index contributed by atoms with van der Waals surface area (Å²) in [7, 11) is 1.57. The first-order valence-electron chi connectivity index (χ1n) is 6.95. The Labute approximate surface area is 133 Å². The Morgan fingerprint density at radius 2 is 1.78 bits per heavy atom. The number of amides is 1. The van der Waals surface area contributed by atoms with E-state index in [9.17, 15) is 9.59 Å². The van der Waals surface area contributed by atoms with Gasteiger partial charge in [-0.15, -0.1) is 0 Å². The van der Waals surface area contributed by atoms with E-state index in [2.05, 4.69) is 5.32 Å². The van der Waals surface area contributed by atoms with Crippen LogP contribution in [-0.2, 0) is 11.3 Å². The molecule has 2 N–H and O–H groups in total. The van der Waals surface area contributed by atoms with Crippen molar-refractivity contribution in [2.24, 2.45) is 0 Å². The standard InChI is InChI=1S/C17H17NO5/c1-22-15-5-3-2-4-13(15)10-18-16(19)11-23-14-8-6-12(7-9-14)17(20)21/h2-9H,10-11H2,1H3,(H,18,19)(H,20,21). The van der Waals surface area contributed by atoms with Gasteiger partial charge < -0.3 is 19.9 Å². The third-order valence-electron chi connectivity index (χ3n) is 3.14. The Morgan fingerprint density at radius 3 is 2.43 bits per heavy atom. The summed E-state index contributed by atoms with van der Waals surface area (Å²) < 4.78 is 10.5. The van der Waals surface area contributed by atoms with E-state index in [1.54, 1.807) is 7.11 Å². The van der Waals surface area contributed by atoms with Gasteiger partial charge in [-0.3, -0.25) is 4.79 Å². The van der Waals surface area contributed by atoms with E-state index in [1.165, 1.54) is 24.3 Å². The highest BCUT2D eigenvalue weighted by molar-refractivity contribution is 5.87. The third kappa shape index (κ3) is 4.74. The number of carboxylic acid groups (broad SMARTS) is 1. The molecule has 2 rings (SSSR count). The molecule has 6 heteroatoms. The van der Waals surface area contributed by atoms with Crippen molar-refractivity contribution in [2.45, 2.75) is 6.54 Å². The number of benzene rings is 2. The molecule has 0 heterocycles. The molecular weight excluding hydrogens is 298 g/mol. The number of nitrogens with one attached hydrogen (secondary N) is 1. The lowest BCUT2D eigenvalue weighted by Gasteiger charge is -2.10. The number of para-hydroxylation sites is 1. The van der Waals surface area contributed by atoms with Gasteiger partial charge >= 0.3 is 5.97 Å². The van der Waals surface area contributed by atoms with Crippen molar-refractivity contribution in [1.82, 2.24) is 5.32 Å². The average Bonchev–Trinajstić information content (AvgIpc) is 2.58. The molecule has 0 saturated heterocycles. The van der Waals surface area contributed by atoms with Crippen LogP contribution in [-0.4, -0.2) is 30.7 Å². The van der Waals surface area contributed by atoms with Gasteiger partial charge in [-0.2, -0.15) is 0 Å². The summed E-state index contributed by atoms with van der Waals surface area (Å²) >= 11 is 0. The minimum Gasteiger partial charge on any atom is -0.496 e. The lowest BCUT2D eigenvalue weighted by atomic mass is 10.2. The zero-order valence-electron chi connectivity index (χ0n) is 12.6. The molecule has 0 aromatic heterocycles. The second kappa shape index (κ2) is 7.84. The summed E-state index contributed by atoms with van der Waals surface area (Å²) in [6.07, 6.45) is 0. The summed E-state index contributed by atoms with van der Waals surface area (Å²) in [4.78, 5) is 22.5. The Hall–Kier alpha value is -3.02. The molecule has 0 aliphatic heterocycles. The highest BCUT2D eigenvalue weighted by Crippen LogP contribution is 2.16. The summed E-state index contributed by atoms with van der Waals surface area (Å²) in [5.41, 5.74) is 1.03. The van der Waals surface area contributed by atoms with Crippen LogP contribution >= 0.6 is 0 Å². The molecule has 23 heavy (non-hydrogen) atoms. The molecule has 6 nitrogen and oxygen atoms in total. The van der Waals surface area contributed by atoms with Crippen LogP contribution in [0.5, 0.6) is 11.5 Å². The summed E-state index contributed by atoms with van der Waals surface area (Å²) in [6, 6.07) is 13.3. The van der Waals surface area contributed by atoms with Crippen LogP contribution in [0.3, 0.4) is 0 Å². The number of carbonyl (C=O) groups is 2. The molecule has 1 amide bonds. The van der Waals surface area contributed by atoms with Gasteiger partial charge in [0, 0.05) is 12.1 Å². The fraction of sp³-hybridized carbons (Fsp3) is 0.176. The molecule has 0 radical (unpaired) electrons. The molecule has 0 atom stereocenters. The van der Waals surface area contributed by atoms with Crippen molar-refractivity contribution in [2.75, 3.05) is 13.7 Å². The Balaban J connectivity index is 1.82. The van der Waals surface area contributed by atoms with E-state index in [4.69, 9.17) is 14.6 Å². The normalized spacial score (nSPS) is 9.96. The first-order valence-corrected chi connectivity index (χ1v) is 6.95. The van der Waals surface area contributed by atoms with E-state index in [-0.39, 0.29) is 18.1 Å². The van der Waals surface area contributed by atoms with E-state index >= 15 is 0 Å². The highest BCUT2D eigenvalue weighted by Gasteiger charge is 2.07. The van der Waals surface area contributed by atoms with Crippen molar-refractivity contribution in [1.29, 1.82) is 0 Å². The fourth-order valence-electron chi connectivity index (χ4n) is 1.94. The van der Waals surface area contributed by atoms with Crippen LogP contribution in [0.15, 0.2) is 48.5 Å². The van der Waals surface area contributed by atoms with Crippen LogP contribution in [0.1, 0.15) is 15.9 Å². The van der Waals surface area contributed by atoms with Crippen molar-refractivity contribution < 1.29 is 24.2 Å². The number of rotatable bonds is 7. The SMILES string of the molecule is COc1ccccc1CNC(=O)COc1ccc(C(=O)O)cc1. The number of methoxy groups -OCH3 is 1. The van der Waals surface area contributed by atoms with Gasteiger partial charge in [0.05, 0.1) is 12.7 Å². The monoisotopic (exact) mass is 315 g/mol. The van der Waals surface area contributed by atoms with Gasteiger partial charge in [0.2, 0.25) is 0 Å². The summed E-state index contributed by atoms with van der Waals surface area (Å²) in [5, 5.41) is 11.5. The van der Waals surface area contributed by atoms with Crippen LogP contribution in [0, 0.1) is 0 Å². The molecule has 0 saturated carbocycles. The van der Waals surface area contributed by atoms with E-state index in [1.807, 2.05) is 24.3 Å². The molecule has 0 spiro atoms. The Kier molecular flexibility index (Phi) is 5.57. The quantitative estimate of drug-likeness (QED) is 0.817. The number of ether oxygens (including phenoxy) is 2. The van der Waals surface area contributed by atoms with E-state index in [0.29, 0.717) is 18.0 Å². The van der Waals surface area contributed by atoms with Crippen LogP contribution in [0.2, 0.25) is 0 Å². The number of carbonyl (C=O) groups excluding carboxylic acids is 1. The average molecular weight is 315 g/mol. The zero-order valence-corrected chi connectivity index (χ0v) is 12.6. The maximum Gasteiger partial charge on any atom is 0.335 e. The van der Waals surface area contributed by atoms with Crippen LogP contribution < -0.4 is 14.8 Å². The molecule has 0 aliphatic carbocycles. The van der Waals surface area contributed by atoms with Crippen LogP contribution in [0.4, 0.5) is 0 Å². The van der Waals surface area contributed by atoms with Gasteiger partial charge in [-0.05, 0) is 30.3 Å². The largest absolute Gasteiger partial charge is 0.496 e. The van der Waals surface area contributed by atoms with Gasteiger partial charge in [0.25, 0.3) is 5.91 Å². The number of aromatic carboxylic acids is 1. The Morgan fingerprint density at radius 1 is 1.09 bits per heavy atom. The fourth-order valence-corrected chi connectivity index (χ4v) is 1.94. The summed E-state index contributed by atoms with van der Waals surface area (Å²) in [5.74, 6) is -0.148.